The van der Waals surface area contributed by atoms with E-state index >= 15 is 0 Å². The van der Waals surface area contributed by atoms with Crippen LogP contribution in [0.4, 0.5) is 5.69 Å². The van der Waals surface area contributed by atoms with Crippen molar-refractivity contribution in [1.82, 2.24) is 25.5 Å². The second kappa shape index (κ2) is 7.56. The number of aromatic nitrogens is 4. The normalized spacial score (nSPS) is 10.4. The smallest absolute Gasteiger partial charge is 0.251 e. The molecule has 132 valence electrons. The van der Waals surface area contributed by atoms with E-state index in [1.807, 2.05) is 31.2 Å². The Morgan fingerprint density at radius 3 is 2.50 bits per heavy atom. The van der Waals surface area contributed by atoms with Crippen LogP contribution >= 0.6 is 0 Å². The van der Waals surface area contributed by atoms with Gasteiger partial charge < -0.3 is 10.6 Å². The first-order chi connectivity index (χ1) is 12.6. The number of aryl methyl sites for hydroxylation is 1. The first-order valence-electron chi connectivity index (χ1n) is 8.02. The van der Waals surface area contributed by atoms with E-state index in [1.165, 1.54) is 4.80 Å². The molecule has 2 amide bonds. The van der Waals surface area contributed by atoms with Crippen LogP contribution in [0.5, 0.6) is 0 Å². The van der Waals surface area contributed by atoms with E-state index in [0.717, 1.165) is 11.1 Å². The number of nitrogens with one attached hydrogen (secondary N) is 2. The summed E-state index contributed by atoms with van der Waals surface area (Å²) in [4.78, 5) is 24.9. The second-order valence-corrected chi connectivity index (χ2v) is 5.66. The van der Waals surface area contributed by atoms with Crippen LogP contribution in [0.3, 0.4) is 0 Å². The molecule has 3 aromatic rings. The molecule has 0 fully saturated rings. The largest absolute Gasteiger partial charge is 0.355 e. The molecule has 0 spiro atoms. The first-order valence-corrected chi connectivity index (χ1v) is 8.02. The molecular formula is C18H18N6O2. The summed E-state index contributed by atoms with van der Waals surface area (Å²) in [7, 11) is 1.56. The van der Waals surface area contributed by atoms with Gasteiger partial charge in [-0.2, -0.15) is 4.80 Å². The highest BCUT2D eigenvalue weighted by Crippen LogP contribution is 2.17. The Morgan fingerprint density at radius 2 is 1.81 bits per heavy atom. The molecule has 0 bridgehead atoms. The average molecular weight is 350 g/mol. The van der Waals surface area contributed by atoms with Crippen LogP contribution in [-0.4, -0.2) is 39.1 Å². The van der Waals surface area contributed by atoms with Crippen LogP contribution < -0.4 is 10.6 Å². The van der Waals surface area contributed by atoms with Crippen LogP contribution in [0.2, 0.25) is 0 Å². The Balaban J connectivity index is 1.64. The minimum Gasteiger partial charge on any atom is -0.355 e. The van der Waals surface area contributed by atoms with Crippen molar-refractivity contribution in [2.75, 3.05) is 12.4 Å². The molecule has 8 nitrogen and oxygen atoms in total. The van der Waals surface area contributed by atoms with E-state index in [9.17, 15) is 9.59 Å². The van der Waals surface area contributed by atoms with Crippen molar-refractivity contribution in [3.63, 3.8) is 0 Å². The van der Waals surface area contributed by atoms with Gasteiger partial charge in [-0.05, 0) is 42.0 Å². The SMILES string of the molecule is CNC(=O)c1ccc(NC(=O)Cn2nnc(-c3ccccc3C)n2)cc1. The Labute approximate surface area is 150 Å². The monoisotopic (exact) mass is 350 g/mol. The molecule has 0 radical (unpaired) electrons. The number of carbonyl (C=O) groups is 2. The van der Waals surface area contributed by atoms with E-state index in [1.54, 1.807) is 31.3 Å². The van der Waals surface area contributed by atoms with Gasteiger partial charge in [0.2, 0.25) is 11.7 Å². The molecule has 0 unspecified atom stereocenters. The fraction of sp³-hybridized carbons (Fsp3) is 0.167. The lowest BCUT2D eigenvalue weighted by Gasteiger charge is -2.05. The Bertz CT molecular complexity index is 933. The number of rotatable bonds is 5. The van der Waals surface area contributed by atoms with Crippen molar-refractivity contribution < 1.29 is 9.59 Å². The lowest BCUT2D eigenvalue weighted by Crippen LogP contribution is -2.21. The highest BCUT2D eigenvalue weighted by Gasteiger charge is 2.11. The molecule has 0 saturated carbocycles. The number of anilines is 1. The lowest BCUT2D eigenvalue weighted by molar-refractivity contribution is -0.117. The molecule has 0 aliphatic rings. The van der Waals surface area contributed by atoms with Crippen LogP contribution in [0.25, 0.3) is 11.4 Å². The Kier molecular flexibility index (Phi) is 5.02. The topological polar surface area (TPSA) is 102 Å². The van der Waals surface area contributed by atoms with E-state index in [-0.39, 0.29) is 18.4 Å². The fourth-order valence-corrected chi connectivity index (χ4v) is 2.42. The third kappa shape index (κ3) is 3.92. The minimum atomic E-state index is -0.286. The summed E-state index contributed by atoms with van der Waals surface area (Å²) >= 11 is 0. The summed E-state index contributed by atoms with van der Waals surface area (Å²) in [5, 5.41) is 17.5. The van der Waals surface area contributed by atoms with Crippen molar-refractivity contribution in [3.8, 4) is 11.4 Å². The summed E-state index contributed by atoms with van der Waals surface area (Å²) in [6, 6.07) is 14.3. The first kappa shape index (κ1) is 17.3. The highest BCUT2D eigenvalue weighted by molar-refractivity contribution is 5.95. The van der Waals surface area contributed by atoms with Crippen molar-refractivity contribution >= 4 is 17.5 Å². The fourth-order valence-electron chi connectivity index (χ4n) is 2.42. The molecule has 26 heavy (non-hydrogen) atoms. The third-order valence-corrected chi connectivity index (χ3v) is 3.78. The van der Waals surface area contributed by atoms with Crippen molar-refractivity contribution in [2.45, 2.75) is 13.5 Å². The van der Waals surface area contributed by atoms with E-state index in [2.05, 4.69) is 26.0 Å². The number of tetrazole rings is 1. The van der Waals surface area contributed by atoms with Crippen LogP contribution in [0.15, 0.2) is 48.5 Å². The predicted octanol–water partition coefficient (Wildman–Crippen LogP) is 1.65. The molecule has 0 aliphatic heterocycles. The maximum absolute atomic E-state index is 12.2. The predicted molar refractivity (Wildman–Crippen MR) is 96.5 cm³/mol. The quantitative estimate of drug-likeness (QED) is 0.728. The van der Waals surface area contributed by atoms with Crippen molar-refractivity contribution in [1.29, 1.82) is 0 Å². The average Bonchev–Trinajstić information content (AvgIpc) is 3.10. The van der Waals surface area contributed by atoms with Crippen molar-refractivity contribution in [3.05, 3.63) is 59.7 Å². The second-order valence-electron chi connectivity index (χ2n) is 5.66. The molecule has 1 heterocycles. The number of amides is 2. The number of carbonyl (C=O) groups excluding carboxylic acids is 2. The zero-order valence-electron chi connectivity index (χ0n) is 14.4. The summed E-state index contributed by atoms with van der Waals surface area (Å²) in [5.74, 6) is 0.00989. The summed E-state index contributed by atoms with van der Waals surface area (Å²) < 4.78 is 0. The lowest BCUT2D eigenvalue weighted by atomic mass is 10.1. The van der Waals surface area contributed by atoms with Crippen LogP contribution in [-0.2, 0) is 11.3 Å². The van der Waals surface area contributed by atoms with Gasteiger partial charge in [0.05, 0.1) is 0 Å². The Morgan fingerprint density at radius 1 is 1.08 bits per heavy atom. The number of benzene rings is 2. The number of hydrogen-bond acceptors (Lipinski definition) is 5. The van der Waals surface area contributed by atoms with Gasteiger partial charge in [0.15, 0.2) is 0 Å². The standard InChI is InChI=1S/C18H18N6O2/c1-12-5-3-4-6-15(12)17-21-23-24(22-17)11-16(25)20-14-9-7-13(8-10-14)18(26)19-2/h3-10H,11H2,1-2H3,(H,19,26)(H,20,25). The zero-order valence-corrected chi connectivity index (χ0v) is 14.4. The molecule has 0 saturated heterocycles. The molecule has 2 aromatic carbocycles. The molecule has 8 heteroatoms. The number of nitrogens with zero attached hydrogens (tertiary/aromatic N) is 4. The summed E-state index contributed by atoms with van der Waals surface area (Å²) in [6.45, 7) is 1.90. The molecule has 0 aliphatic carbocycles. The van der Waals surface area contributed by atoms with Crippen LogP contribution in [0, 0.1) is 6.92 Å². The van der Waals surface area contributed by atoms with Gasteiger partial charge in [-0.1, -0.05) is 24.3 Å². The molecule has 0 atom stereocenters. The van der Waals surface area contributed by atoms with Gasteiger partial charge >= 0.3 is 0 Å². The van der Waals surface area contributed by atoms with E-state index in [0.29, 0.717) is 17.1 Å². The Hall–Kier alpha value is -3.55. The summed E-state index contributed by atoms with van der Waals surface area (Å²) in [6.07, 6.45) is 0. The minimum absolute atomic E-state index is 0.0594. The van der Waals surface area contributed by atoms with Crippen molar-refractivity contribution in [2.24, 2.45) is 0 Å². The maximum Gasteiger partial charge on any atom is 0.251 e. The highest BCUT2D eigenvalue weighted by atomic mass is 16.2. The van der Waals surface area contributed by atoms with Gasteiger partial charge in [-0.3, -0.25) is 9.59 Å². The molecule has 3 rings (SSSR count). The van der Waals surface area contributed by atoms with E-state index in [4.69, 9.17) is 0 Å². The zero-order chi connectivity index (χ0) is 18.5. The molecule has 1 aromatic heterocycles. The maximum atomic E-state index is 12.2. The number of hydrogen-bond donors (Lipinski definition) is 2. The molecule has 2 N–H and O–H groups in total. The third-order valence-electron chi connectivity index (χ3n) is 3.78. The van der Waals surface area contributed by atoms with Crippen LogP contribution in [0.1, 0.15) is 15.9 Å². The van der Waals surface area contributed by atoms with E-state index < -0.39 is 0 Å². The van der Waals surface area contributed by atoms with Gasteiger partial charge in [-0.15, -0.1) is 10.2 Å². The van der Waals surface area contributed by atoms with Gasteiger partial charge in [0, 0.05) is 23.9 Å². The van der Waals surface area contributed by atoms with Gasteiger partial charge in [0.25, 0.3) is 5.91 Å². The summed E-state index contributed by atoms with van der Waals surface area (Å²) in [5.41, 5.74) is 3.02. The van der Waals surface area contributed by atoms with Gasteiger partial charge in [-0.25, -0.2) is 0 Å². The van der Waals surface area contributed by atoms with Gasteiger partial charge in [0.1, 0.15) is 6.54 Å². The molecular weight excluding hydrogens is 332 g/mol.